The van der Waals surface area contributed by atoms with Gasteiger partial charge in [-0.1, -0.05) is 13.8 Å². The Morgan fingerprint density at radius 2 is 1.74 bits per heavy atom. The van der Waals surface area contributed by atoms with E-state index in [1.165, 1.54) is 44.9 Å². The third-order valence-electron chi connectivity index (χ3n) is 10.3. The summed E-state index contributed by atoms with van der Waals surface area (Å²) in [5.74, 6) is 4.48. The van der Waals surface area contributed by atoms with Crippen LogP contribution in [0, 0.1) is 45.8 Å². The molecule has 10 atom stereocenters. The van der Waals surface area contributed by atoms with Crippen molar-refractivity contribution < 1.29 is 9.53 Å². The van der Waals surface area contributed by atoms with Gasteiger partial charge >= 0.3 is 0 Å². The van der Waals surface area contributed by atoms with Crippen molar-refractivity contribution in [1.29, 1.82) is 0 Å². The lowest BCUT2D eigenvalue weighted by Crippen LogP contribution is -2.47. The number of carbonyl (C=O) groups is 1. The van der Waals surface area contributed by atoms with E-state index in [-0.39, 0.29) is 0 Å². The topological polar surface area (TPSA) is 29.6 Å². The Bertz CT molecular complexity index is 613. The first-order chi connectivity index (χ1) is 10.9. The van der Waals surface area contributed by atoms with Gasteiger partial charge in [0, 0.05) is 5.92 Å². The van der Waals surface area contributed by atoms with Gasteiger partial charge in [0.2, 0.25) is 0 Å². The number of hydrogen-bond donors (Lipinski definition) is 0. The van der Waals surface area contributed by atoms with Crippen LogP contribution in [0.5, 0.6) is 0 Å². The summed E-state index contributed by atoms with van der Waals surface area (Å²) in [7, 11) is 0. The van der Waals surface area contributed by atoms with Crippen LogP contribution in [0.25, 0.3) is 0 Å². The molecule has 6 fully saturated rings. The molecule has 2 heteroatoms. The lowest BCUT2D eigenvalue weighted by Gasteiger charge is -2.52. The Morgan fingerprint density at radius 1 is 0.957 bits per heavy atom. The van der Waals surface area contributed by atoms with Crippen LogP contribution >= 0.6 is 0 Å². The molecule has 6 rings (SSSR count). The van der Waals surface area contributed by atoms with Crippen LogP contribution in [0.4, 0.5) is 0 Å². The maximum atomic E-state index is 12.2. The smallest absolute Gasteiger partial charge is 0.133 e. The van der Waals surface area contributed by atoms with Crippen molar-refractivity contribution in [3.63, 3.8) is 0 Å². The molecule has 0 amide bonds. The Hall–Kier alpha value is -0.370. The molecule has 5 aliphatic carbocycles. The average Bonchev–Trinajstić information content (AvgIpc) is 3.34. The highest BCUT2D eigenvalue weighted by atomic mass is 16.6. The number of carbonyl (C=O) groups excluding carboxylic acids is 1. The number of rotatable bonds is 1. The molecule has 5 saturated carbocycles. The number of fused-ring (bicyclic) bond motifs is 6. The molecule has 4 unspecified atom stereocenters. The fourth-order valence-corrected chi connectivity index (χ4v) is 9.17. The molecule has 1 heterocycles. The molecule has 6 aliphatic rings. The minimum atomic E-state index is 0.319. The zero-order valence-electron chi connectivity index (χ0n) is 14.8. The molecule has 23 heavy (non-hydrogen) atoms. The second-order valence-electron chi connectivity index (χ2n) is 10.6. The molecule has 0 aromatic carbocycles. The zero-order valence-corrected chi connectivity index (χ0v) is 14.8. The van der Waals surface area contributed by atoms with E-state index < -0.39 is 0 Å². The Balaban J connectivity index is 1.40. The van der Waals surface area contributed by atoms with Crippen molar-refractivity contribution in [2.75, 3.05) is 0 Å². The molecule has 126 valence electrons. The first-order valence-electron chi connectivity index (χ1n) is 10.1. The van der Waals surface area contributed by atoms with E-state index >= 15 is 0 Å². The van der Waals surface area contributed by atoms with Crippen LogP contribution in [0.2, 0.25) is 0 Å². The molecule has 0 aromatic rings. The molecule has 0 aromatic heterocycles. The average molecular weight is 314 g/mol. The van der Waals surface area contributed by atoms with E-state index in [0.717, 1.165) is 23.7 Å². The Morgan fingerprint density at radius 3 is 2.52 bits per heavy atom. The number of ether oxygens (including phenoxy) is 1. The highest BCUT2D eigenvalue weighted by molar-refractivity contribution is 5.79. The molecule has 0 radical (unpaired) electrons. The van der Waals surface area contributed by atoms with Gasteiger partial charge in [-0.25, -0.2) is 0 Å². The van der Waals surface area contributed by atoms with Crippen molar-refractivity contribution in [1.82, 2.24) is 0 Å². The van der Waals surface area contributed by atoms with Crippen molar-refractivity contribution in [2.45, 2.75) is 77.9 Å². The normalized spacial score (nSPS) is 67.5. The van der Waals surface area contributed by atoms with E-state index in [2.05, 4.69) is 13.8 Å². The summed E-state index contributed by atoms with van der Waals surface area (Å²) in [6.07, 6.45) is 10.6. The van der Waals surface area contributed by atoms with Crippen LogP contribution in [0.3, 0.4) is 0 Å². The molecule has 1 spiro atoms. The summed E-state index contributed by atoms with van der Waals surface area (Å²) in [4.78, 5) is 12.2. The van der Waals surface area contributed by atoms with Crippen LogP contribution in [-0.2, 0) is 9.53 Å². The highest BCUT2D eigenvalue weighted by Crippen LogP contribution is 2.86. The van der Waals surface area contributed by atoms with Crippen LogP contribution in [-0.4, -0.2) is 18.0 Å². The van der Waals surface area contributed by atoms with E-state index in [9.17, 15) is 4.79 Å². The molecular formula is C21H30O2. The van der Waals surface area contributed by atoms with E-state index in [1.807, 2.05) is 6.92 Å². The van der Waals surface area contributed by atoms with E-state index in [1.54, 1.807) is 0 Å². The largest absolute Gasteiger partial charge is 0.370 e. The fraction of sp³-hybridized carbons (Fsp3) is 0.952. The molecule has 0 bridgehead atoms. The number of epoxide rings is 1. The van der Waals surface area contributed by atoms with Gasteiger partial charge in [0.25, 0.3) is 0 Å². The van der Waals surface area contributed by atoms with Gasteiger partial charge in [-0.05, 0) is 91.8 Å². The molecular weight excluding hydrogens is 284 g/mol. The van der Waals surface area contributed by atoms with Crippen LogP contribution < -0.4 is 0 Å². The van der Waals surface area contributed by atoms with Crippen molar-refractivity contribution in [2.24, 2.45) is 45.8 Å². The third-order valence-corrected chi connectivity index (χ3v) is 10.3. The Kier molecular flexibility index (Phi) is 2.25. The monoisotopic (exact) mass is 314 g/mol. The summed E-state index contributed by atoms with van der Waals surface area (Å²) in [6, 6.07) is 0. The predicted octanol–water partition coefficient (Wildman–Crippen LogP) is 4.22. The maximum absolute atomic E-state index is 12.2. The summed E-state index contributed by atoms with van der Waals surface area (Å²) in [5.41, 5.74) is 1.51. The Labute approximate surface area is 139 Å². The van der Waals surface area contributed by atoms with Crippen molar-refractivity contribution in [3.8, 4) is 0 Å². The second-order valence-corrected chi connectivity index (χ2v) is 10.6. The van der Waals surface area contributed by atoms with Gasteiger partial charge in [-0.15, -0.1) is 0 Å². The predicted molar refractivity (Wildman–Crippen MR) is 87.8 cm³/mol. The third kappa shape index (κ3) is 1.35. The highest BCUT2D eigenvalue weighted by Gasteiger charge is 2.81. The number of hydrogen-bond acceptors (Lipinski definition) is 2. The van der Waals surface area contributed by atoms with Gasteiger partial charge < -0.3 is 4.74 Å². The minimum Gasteiger partial charge on any atom is -0.370 e. The zero-order chi connectivity index (χ0) is 15.8. The standard InChI is InChI=1S/C21H30O2/c1-11(22)12-4-5-13-18-14(6-7-19(12,13)2)20(3)9-16-17(23-16)10-21(20)8-15(18)21/h12-18H,4-10H2,1-3H3/t12-,13?,14?,15?,16-,17+,18+,19-,20-,21?/m1/s1. The van der Waals surface area contributed by atoms with Crippen LogP contribution in [0.1, 0.15) is 65.7 Å². The molecule has 1 saturated heterocycles. The molecule has 2 nitrogen and oxygen atoms in total. The summed E-state index contributed by atoms with van der Waals surface area (Å²) >= 11 is 0. The lowest BCUT2D eigenvalue weighted by molar-refractivity contribution is -0.127. The second kappa shape index (κ2) is 3.74. The number of Topliss-reactive ketones (excluding diaryl/α,β-unsaturated/α-hetero) is 1. The minimum absolute atomic E-state index is 0.319. The molecule has 0 N–H and O–H groups in total. The summed E-state index contributed by atoms with van der Waals surface area (Å²) < 4.78 is 5.96. The van der Waals surface area contributed by atoms with Gasteiger partial charge in [-0.3, -0.25) is 4.79 Å². The summed E-state index contributed by atoms with van der Waals surface area (Å²) in [6.45, 7) is 6.96. The maximum Gasteiger partial charge on any atom is 0.133 e. The van der Waals surface area contributed by atoms with E-state index in [0.29, 0.717) is 40.2 Å². The van der Waals surface area contributed by atoms with Crippen molar-refractivity contribution in [3.05, 3.63) is 0 Å². The lowest BCUT2D eigenvalue weighted by atomic mass is 9.52. The summed E-state index contributed by atoms with van der Waals surface area (Å²) in [5, 5.41) is 0. The van der Waals surface area contributed by atoms with Crippen LogP contribution in [0.15, 0.2) is 0 Å². The van der Waals surface area contributed by atoms with Crippen molar-refractivity contribution >= 4 is 5.78 Å². The first kappa shape index (κ1) is 13.9. The van der Waals surface area contributed by atoms with Gasteiger partial charge in [0.1, 0.15) is 5.78 Å². The van der Waals surface area contributed by atoms with Gasteiger partial charge in [-0.2, -0.15) is 0 Å². The number of ketones is 1. The SMILES string of the molecule is CC(=O)[C@H]1CCC2[C@@H]3C4CC45C[C@@H]4O[C@@H]4C[C@]5(C)C3CC[C@@]21C. The quantitative estimate of drug-likeness (QED) is 0.678. The van der Waals surface area contributed by atoms with E-state index in [4.69, 9.17) is 4.74 Å². The van der Waals surface area contributed by atoms with Gasteiger partial charge in [0.15, 0.2) is 0 Å². The first-order valence-corrected chi connectivity index (χ1v) is 10.1. The fourth-order valence-electron chi connectivity index (χ4n) is 9.17. The molecule has 1 aliphatic heterocycles. The van der Waals surface area contributed by atoms with Gasteiger partial charge in [0.05, 0.1) is 12.2 Å².